The highest BCUT2D eigenvalue weighted by Crippen LogP contribution is 2.19. The fourth-order valence-electron chi connectivity index (χ4n) is 1.71. The van der Waals surface area contributed by atoms with Crippen LogP contribution in [0.4, 0.5) is 0 Å². The second-order valence-corrected chi connectivity index (χ2v) is 3.42. The van der Waals surface area contributed by atoms with Gasteiger partial charge in [0, 0.05) is 0 Å². The van der Waals surface area contributed by atoms with E-state index in [0.29, 0.717) is 0 Å². The van der Waals surface area contributed by atoms with Crippen molar-refractivity contribution in [2.24, 2.45) is 0 Å². The Bertz CT molecular complexity index is 122. The lowest BCUT2D eigenvalue weighted by Crippen LogP contribution is -1.89. The molecule has 0 aromatic heterocycles. The van der Waals surface area contributed by atoms with Gasteiger partial charge >= 0.3 is 0 Å². The maximum absolute atomic E-state index is 3.89. The van der Waals surface area contributed by atoms with E-state index < -0.39 is 0 Å². The van der Waals surface area contributed by atoms with Gasteiger partial charge in [-0.1, -0.05) is 31.4 Å². The third-order valence-electron chi connectivity index (χ3n) is 2.38. The van der Waals surface area contributed by atoms with Crippen molar-refractivity contribution >= 4 is 0 Å². The van der Waals surface area contributed by atoms with Crippen LogP contribution < -0.4 is 0 Å². The van der Waals surface area contributed by atoms with E-state index >= 15 is 0 Å². The lowest BCUT2D eigenvalue weighted by Gasteiger charge is -2.09. The van der Waals surface area contributed by atoms with E-state index in [4.69, 9.17) is 0 Å². The molecule has 0 aliphatic heterocycles. The molecule has 0 bridgehead atoms. The zero-order chi connectivity index (χ0) is 7.94. The van der Waals surface area contributed by atoms with Crippen LogP contribution in [0.15, 0.2) is 11.6 Å². The van der Waals surface area contributed by atoms with Gasteiger partial charge in [-0.15, -0.1) is 0 Å². The molecule has 1 aliphatic carbocycles. The first-order valence-electron chi connectivity index (χ1n) is 4.90. The highest BCUT2D eigenvalue weighted by molar-refractivity contribution is 5.02. The molecule has 0 saturated carbocycles. The van der Waals surface area contributed by atoms with E-state index in [1.54, 1.807) is 5.57 Å². The van der Waals surface area contributed by atoms with Crippen LogP contribution in [0.25, 0.3) is 0 Å². The Morgan fingerprint density at radius 1 is 1.18 bits per heavy atom. The second kappa shape index (κ2) is 5.40. The van der Waals surface area contributed by atoms with Crippen molar-refractivity contribution in [1.29, 1.82) is 0 Å². The van der Waals surface area contributed by atoms with Gasteiger partial charge in [-0.3, -0.25) is 0 Å². The van der Waals surface area contributed by atoms with Crippen molar-refractivity contribution in [1.82, 2.24) is 0 Å². The lowest BCUT2D eigenvalue weighted by atomic mass is 9.97. The standard InChI is InChI=1S/C11H19/c1-2-8-11-9-6-4-3-5-7-10-11/h9H,1-8,10H2/b11-9-. The maximum atomic E-state index is 3.89. The summed E-state index contributed by atoms with van der Waals surface area (Å²) in [6, 6.07) is 0. The first kappa shape index (κ1) is 8.83. The topological polar surface area (TPSA) is 0 Å². The van der Waals surface area contributed by atoms with Crippen molar-refractivity contribution in [3.63, 3.8) is 0 Å². The normalized spacial score (nSPS) is 25.0. The molecule has 0 saturated heterocycles. The van der Waals surface area contributed by atoms with Crippen LogP contribution in [0.1, 0.15) is 51.4 Å². The summed E-state index contributed by atoms with van der Waals surface area (Å²) >= 11 is 0. The molecule has 0 aromatic rings. The van der Waals surface area contributed by atoms with Crippen LogP contribution in [-0.4, -0.2) is 0 Å². The largest absolute Gasteiger partial charge is 0.0853 e. The average Bonchev–Trinajstić information content (AvgIpc) is 1.94. The first-order valence-corrected chi connectivity index (χ1v) is 4.90. The first-order chi connectivity index (χ1) is 5.43. The number of rotatable bonds is 2. The number of hydrogen-bond donors (Lipinski definition) is 0. The van der Waals surface area contributed by atoms with E-state index in [2.05, 4.69) is 13.0 Å². The molecule has 1 aliphatic rings. The summed E-state index contributed by atoms with van der Waals surface area (Å²) in [5.41, 5.74) is 1.67. The average molecular weight is 151 g/mol. The van der Waals surface area contributed by atoms with Crippen molar-refractivity contribution in [2.75, 3.05) is 0 Å². The van der Waals surface area contributed by atoms with Crippen LogP contribution in [0.2, 0.25) is 0 Å². The maximum Gasteiger partial charge on any atom is -0.0320 e. The molecule has 0 nitrogen and oxygen atoms in total. The Kier molecular flexibility index (Phi) is 4.33. The fourth-order valence-corrected chi connectivity index (χ4v) is 1.71. The number of allylic oxidation sites excluding steroid dienone is 2. The fraction of sp³-hybridized carbons (Fsp3) is 0.727. The smallest absolute Gasteiger partial charge is 0.0320 e. The molecule has 0 heterocycles. The summed E-state index contributed by atoms with van der Waals surface area (Å²) in [4.78, 5) is 0. The van der Waals surface area contributed by atoms with Crippen molar-refractivity contribution in [3.05, 3.63) is 18.6 Å². The molecule has 0 aromatic carbocycles. The van der Waals surface area contributed by atoms with Gasteiger partial charge < -0.3 is 0 Å². The van der Waals surface area contributed by atoms with Gasteiger partial charge in [0.05, 0.1) is 0 Å². The molecule has 1 rings (SSSR count). The quantitative estimate of drug-likeness (QED) is 0.525. The predicted octanol–water partition coefficient (Wildman–Crippen LogP) is 3.88. The molecule has 0 spiro atoms. The molecule has 0 atom stereocenters. The molecule has 1 radical (unpaired) electrons. The number of hydrogen-bond acceptors (Lipinski definition) is 0. The van der Waals surface area contributed by atoms with Gasteiger partial charge in [-0.2, -0.15) is 0 Å². The molecule has 0 heteroatoms. The molecule has 11 heavy (non-hydrogen) atoms. The molecule has 0 fully saturated rings. The van der Waals surface area contributed by atoms with Crippen molar-refractivity contribution in [3.8, 4) is 0 Å². The summed E-state index contributed by atoms with van der Waals surface area (Å²) in [5, 5.41) is 0. The Morgan fingerprint density at radius 2 is 2.00 bits per heavy atom. The van der Waals surface area contributed by atoms with Gasteiger partial charge in [0.25, 0.3) is 0 Å². The summed E-state index contributed by atoms with van der Waals surface area (Å²) in [6.07, 6.45) is 13.1. The third kappa shape index (κ3) is 3.60. The van der Waals surface area contributed by atoms with Crippen LogP contribution >= 0.6 is 0 Å². The van der Waals surface area contributed by atoms with E-state index in [1.165, 1.54) is 44.9 Å². The van der Waals surface area contributed by atoms with Gasteiger partial charge in [-0.25, -0.2) is 0 Å². The minimum Gasteiger partial charge on any atom is -0.0853 e. The summed E-state index contributed by atoms with van der Waals surface area (Å²) in [6.45, 7) is 3.89. The summed E-state index contributed by atoms with van der Waals surface area (Å²) in [5.74, 6) is 0. The zero-order valence-electron chi connectivity index (χ0n) is 7.44. The Hall–Kier alpha value is -0.260. The highest BCUT2D eigenvalue weighted by Gasteiger charge is 1.99. The SMILES string of the molecule is [CH2]CC/C1=C/CCCCCC1. The van der Waals surface area contributed by atoms with Gasteiger partial charge in [0.15, 0.2) is 0 Å². The molecule has 63 valence electrons. The van der Waals surface area contributed by atoms with E-state index in [9.17, 15) is 0 Å². The van der Waals surface area contributed by atoms with E-state index in [1.807, 2.05) is 0 Å². The lowest BCUT2D eigenvalue weighted by molar-refractivity contribution is 0.614. The van der Waals surface area contributed by atoms with Crippen LogP contribution in [0.5, 0.6) is 0 Å². The van der Waals surface area contributed by atoms with Crippen LogP contribution in [0.3, 0.4) is 0 Å². The molecule has 0 unspecified atom stereocenters. The van der Waals surface area contributed by atoms with Crippen LogP contribution in [0, 0.1) is 6.92 Å². The molecular weight excluding hydrogens is 132 g/mol. The minimum atomic E-state index is 1.08. The van der Waals surface area contributed by atoms with Crippen LogP contribution in [-0.2, 0) is 0 Å². The van der Waals surface area contributed by atoms with E-state index in [0.717, 1.165) is 6.42 Å². The molecular formula is C11H19. The van der Waals surface area contributed by atoms with Crippen molar-refractivity contribution in [2.45, 2.75) is 51.4 Å². The van der Waals surface area contributed by atoms with Gasteiger partial charge in [-0.05, 0) is 38.5 Å². The summed E-state index contributed by atoms with van der Waals surface area (Å²) < 4.78 is 0. The predicted molar refractivity (Wildman–Crippen MR) is 50.4 cm³/mol. The minimum absolute atomic E-state index is 1.08. The Balaban J connectivity index is 2.32. The molecule has 0 amide bonds. The summed E-state index contributed by atoms with van der Waals surface area (Å²) in [7, 11) is 0. The van der Waals surface area contributed by atoms with E-state index in [-0.39, 0.29) is 0 Å². The highest BCUT2D eigenvalue weighted by atomic mass is 14.1. The van der Waals surface area contributed by atoms with Gasteiger partial charge in [0.1, 0.15) is 0 Å². The molecule has 0 N–H and O–H groups in total. The van der Waals surface area contributed by atoms with Gasteiger partial charge in [0.2, 0.25) is 0 Å². The second-order valence-electron chi connectivity index (χ2n) is 3.42. The Labute approximate surface area is 70.7 Å². The Morgan fingerprint density at radius 3 is 2.82 bits per heavy atom. The third-order valence-corrected chi connectivity index (χ3v) is 2.38. The zero-order valence-corrected chi connectivity index (χ0v) is 7.44. The van der Waals surface area contributed by atoms with Crippen molar-refractivity contribution < 1.29 is 0 Å². The monoisotopic (exact) mass is 151 g/mol.